The Morgan fingerprint density at radius 3 is 1.88 bits per heavy atom. The number of carboxylic acid groups (broad SMARTS) is 1. The first-order valence-electron chi connectivity index (χ1n) is 14.3. The van der Waals surface area contributed by atoms with Crippen LogP contribution in [0.15, 0.2) is 109 Å². The van der Waals surface area contributed by atoms with E-state index in [4.69, 9.17) is 0 Å². The minimum absolute atomic E-state index is 0.0354. The molecule has 216 valence electrons. The molecule has 1 heterocycles. The largest absolute Gasteiger partial charge is 0.480 e. The molecule has 0 aliphatic rings. The van der Waals surface area contributed by atoms with Gasteiger partial charge >= 0.3 is 5.97 Å². The Morgan fingerprint density at radius 1 is 0.744 bits per heavy atom. The first-order chi connectivity index (χ1) is 20.6. The van der Waals surface area contributed by atoms with Gasteiger partial charge in [0.1, 0.15) is 6.04 Å². The lowest BCUT2D eigenvalue weighted by atomic mass is 9.86. The van der Waals surface area contributed by atoms with Crippen LogP contribution in [0.2, 0.25) is 0 Å². The zero-order valence-corrected chi connectivity index (χ0v) is 24.8. The van der Waals surface area contributed by atoms with E-state index in [9.17, 15) is 14.7 Å². The van der Waals surface area contributed by atoms with E-state index in [2.05, 4.69) is 91.5 Å². The summed E-state index contributed by atoms with van der Waals surface area (Å²) in [5.41, 5.74) is 8.62. The number of nitrogens with zero attached hydrogens (tertiary/aromatic N) is 2. The van der Waals surface area contributed by atoms with Crippen molar-refractivity contribution in [1.29, 1.82) is 0 Å². The molecule has 4 aromatic carbocycles. The molecule has 1 atom stereocenters. The summed E-state index contributed by atoms with van der Waals surface area (Å²) in [7, 11) is 0. The summed E-state index contributed by atoms with van der Waals surface area (Å²) >= 11 is 0. The zero-order valence-electron chi connectivity index (χ0n) is 24.8. The lowest BCUT2D eigenvalue weighted by Crippen LogP contribution is -2.42. The van der Waals surface area contributed by atoms with Gasteiger partial charge in [0, 0.05) is 35.5 Å². The molecule has 6 heteroatoms. The van der Waals surface area contributed by atoms with Crippen molar-refractivity contribution in [2.24, 2.45) is 0 Å². The molecule has 0 aliphatic heterocycles. The Morgan fingerprint density at radius 2 is 1.33 bits per heavy atom. The number of amides is 1. The highest BCUT2D eigenvalue weighted by Crippen LogP contribution is 2.26. The van der Waals surface area contributed by atoms with Crippen LogP contribution >= 0.6 is 0 Å². The maximum Gasteiger partial charge on any atom is 0.326 e. The Balaban J connectivity index is 1.23. The first-order valence-corrected chi connectivity index (χ1v) is 14.3. The van der Waals surface area contributed by atoms with Crippen LogP contribution in [0, 0.1) is 6.92 Å². The Bertz CT molecular complexity index is 1720. The van der Waals surface area contributed by atoms with Gasteiger partial charge in [0.25, 0.3) is 5.91 Å². The minimum atomic E-state index is -1.09. The minimum Gasteiger partial charge on any atom is -0.480 e. The van der Waals surface area contributed by atoms with Crippen LogP contribution in [-0.4, -0.2) is 33.0 Å². The summed E-state index contributed by atoms with van der Waals surface area (Å²) in [6, 6.07) is 30.4. The van der Waals surface area contributed by atoms with E-state index in [0.29, 0.717) is 11.4 Å². The number of aromatic nitrogens is 2. The average Bonchev–Trinajstić information content (AvgIpc) is 3.01. The van der Waals surface area contributed by atoms with Gasteiger partial charge in [-0.05, 0) is 52.3 Å². The third-order valence-corrected chi connectivity index (χ3v) is 7.49. The number of carboxylic acids is 1. The maximum atomic E-state index is 12.8. The molecule has 0 unspecified atom stereocenters. The van der Waals surface area contributed by atoms with E-state index in [1.54, 1.807) is 12.1 Å². The molecule has 0 aliphatic carbocycles. The van der Waals surface area contributed by atoms with E-state index in [1.807, 2.05) is 48.8 Å². The predicted molar refractivity (Wildman–Crippen MR) is 171 cm³/mol. The Hall–Kier alpha value is -5.10. The molecular formula is C37H35N3O3. The van der Waals surface area contributed by atoms with E-state index in [1.165, 1.54) is 11.1 Å². The summed E-state index contributed by atoms with van der Waals surface area (Å²) in [5, 5.41) is 12.4. The van der Waals surface area contributed by atoms with Gasteiger partial charge in [0.05, 0.1) is 0 Å². The summed E-state index contributed by atoms with van der Waals surface area (Å²) in [6.45, 7) is 8.39. The van der Waals surface area contributed by atoms with Gasteiger partial charge in [-0.3, -0.25) is 4.79 Å². The molecule has 0 radical (unpaired) electrons. The van der Waals surface area contributed by atoms with Crippen LogP contribution in [-0.2, 0) is 16.6 Å². The molecule has 1 aromatic heterocycles. The number of benzene rings is 4. The predicted octanol–water partition coefficient (Wildman–Crippen LogP) is 7.51. The van der Waals surface area contributed by atoms with Crippen LogP contribution in [0.4, 0.5) is 0 Å². The quantitative estimate of drug-likeness (QED) is 0.202. The summed E-state index contributed by atoms with van der Waals surface area (Å²) in [5.74, 6) is -0.925. The molecule has 43 heavy (non-hydrogen) atoms. The number of aliphatic carboxylic acids is 1. The number of hydrogen-bond acceptors (Lipinski definition) is 4. The highest BCUT2D eigenvalue weighted by Gasteiger charge is 2.22. The molecule has 0 bridgehead atoms. The fourth-order valence-corrected chi connectivity index (χ4v) is 4.89. The van der Waals surface area contributed by atoms with Gasteiger partial charge < -0.3 is 10.4 Å². The van der Waals surface area contributed by atoms with Crippen molar-refractivity contribution >= 4 is 11.9 Å². The molecule has 1 amide bonds. The van der Waals surface area contributed by atoms with Crippen LogP contribution < -0.4 is 5.32 Å². The van der Waals surface area contributed by atoms with Gasteiger partial charge in [0.15, 0.2) is 5.82 Å². The highest BCUT2D eigenvalue weighted by molar-refractivity contribution is 5.96. The van der Waals surface area contributed by atoms with Gasteiger partial charge in [0.2, 0.25) is 0 Å². The third kappa shape index (κ3) is 7.22. The smallest absolute Gasteiger partial charge is 0.326 e. The van der Waals surface area contributed by atoms with Crippen molar-refractivity contribution in [3.05, 3.63) is 132 Å². The summed E-state index contributed by atoms with van der Waals surface area (Å²) in [6.07, 6.45) is 3.77. The molecule has 0 saturated heterocycles. The molecule has 5 rings (SSSR count). The fourth-order valence-electron chi connectivity index (χ4n) is 4.89. The van der Waals surface area contributed by atoms with Crippen molar-refractivity contribution in [3.63, 3.8) is 0 Å². The number of carbonyl (C=O) groups excluding carboxylic acids is 1. The van der Waals surface area contributed by atoms with Crippen molar-refractivity contribution in [1.82, 2.24) is 15.3 Å². The number of hydrogen-bond donors (Lipinski definition) is 2. The van der Waals surface area contributed by atoms with Gasteiger partial charge in [-0.15, -0.1) is 0 Å². The topological polar surface area (TPSA) is 92.2 Å². The molecule has 0 fully saturated rings. The Labute approximate surface area is 252 Å². The lowest BCUT2D eigenvalue weighted by Gasteiger charge is -2.19. The monoisotopic (exact) mass is 569 g/mol. The second-order valence-corrected chi connectivity index (χ2v) is 11.8. The second-order valence-electron chi connectivity index (χ2n) is 11.8. The van der Waals surface area contributed by atoms with Gasteiger partial charge in [-0.25, -0.2) is 14.8 Å². The van der Waals surface area contributed by atoms with E-state index >= 15 is 0 Å². The van der Waals surface area contributed by atoms with Crippen LogP contribution in [0.1, 0.15) is 47.8 Å². The molecule has 0 spiro atoms. The molecule has 2 N–H and O–H groups in total. The lowest BCUT2D eigenvalue weighted by molar-refractivity contribution is -0.139. The molecular weight excluding hydrogens is 534 g/mol. The number of carbonyl (C=O) groups is 2. The SMILES string of the molecule is Cc1cccc(-c2ccc(-c3cnc(-c4ccc(C[C@H](NC(=O)c5ccc(C(C)(C)C)cc5)C(=O)O)cc4)nc3)cc2)c1. The summed E-state index contributed by atoms with van der Waals surface area (Å²) in [4.78, 5) is 33.9. The average molecular weight is 570 g/mol. The second kappa shape index (κ2) is 12.4. The van der Waals surface area contributed by atoms with Gasteiger partial charge in [-0.2, -0.15) is 0 Å². The fraction of sp³-hybridized carbons (Fsp3) is 0.189. The van der Waals surface area contributed by atoms with Crippen LogP contribution in [0.3, 0.4) is 0 Å². The normalized spacial score (nSPS) is 12.0. The standard InChI is InChI=1S/C37H35N3O3/c1-24-6-5-7-30(20-24)26-12-14-27(15-13-26)31-22-38-34(39-23-31)28-10-8-25(9-11-28)21-33(36(42)43)40-35(41)29-16-18-32(19-17-29)37(2,3)4/h5-20,22-23,33H,21H2,1-4H3,(H,40,41)(H,42,43)/t33-/m0/s1. The summed E-state index contributed by atoms with van der Waals surface area (Å²) < 4.78 is 0. The van der Waals surface area contributed by atoms with Crippen LogP contribution in [0.5, 0.6) is 0 Å². The molecule has 6 nitrogen and oxygen atoms in total. The Kier molecular flexibility index (Phi) is 8.48. The number of nitrogens with one attached hydrogen (secondary N) is 1. The van der Waals surface area contributed by atoms with Crippen molar-refractivity contribution in [2.75, 3.05) is 0 Å². The number of rotatable bonds is 8. The molecule has 5 aromatic rings. The van der Waals surface area contributed by atoms with Crippen molar-refractivity contribution < 1.29 is 14.7 Å². The maximum absolute atomic E-state index is 12.8. The highest BCUT2D eigenvalue weighted by atomic mass is 16.4. The zero-order chi connectivity index (χ0) is 30.6. The molecule has 0 saturated carbocycles. The van der Waals surface area contributed by atoms with Crippen molar-refractivity contribution in [2.45, 2.75) is 45.6 Å². The first kappa shape index (κ1) is 29.4. The number of aryl methyl sites for hydroxylation is 1. The third-order valence-electron chi connectivity index (χ3n) is 7.49. The van der Waals surface area contributed by atoms with E-state index in [0.717, 1.165) is 33.4 Å². The van der Waals surface area contributed by atoms with E-state index < -0.39 is 17.9 Å². The van der Waals surface area contributed by atoms with Crippen molar-refractivity contribution in [3.8, 4) is 33.6 Å². The van der Waals surface area contributed by atoms with Gasteiger partial charge in [-0.1, -0.05) is 111 Å². The van der Waals surface area contributed by atoms with E-state index in [-0.39, 0.29) is 11.8 Å². The van der Waals surface area contributed by atoms with Crippen LogP contribution in [0.25, 0.3) is 33.6 Å².